The zero-order valence-corrected chi connectivity index (χ0v) is 10.7. The van der Waals surface area contributed by atoms with Crippen molar-refractivity contribution in [2.45, 2.75) is 0 Å². The topological polar surface area (TPSA) is 51.2 Å². The third-order valence-corrected chi connectivity index (χ3v) is 0.889. The van der Waals surface area contributed by atoms with E-state index in [9.17, 15) is 0 Å². The molecule has 1 rings (SSSR count). The van der Waals surface area contributed by atoms with Crippen molar-refractivity contribution in [1.82, 2.24) is 0 Å². The molecule has 95 valence electrons. The SMILES string of the molecule is C1=C/C=C\C=C/C=C1.C=O.C=O.C=O.[Cu].[Fe]. The minimum atomic E-state index is 0. The molecule has 0 aromatic carbocycles. The summed E-state index contributed by atoms with van der Waals surface area (Å²) < 4.78 is 0. The van der Waals surface area contributed by atoms with Crippen LogP contribution in [-0.4, -0.2) is 20.4 Å². The summed E-state index contributed by atoms with van der Waals surface area (Å²) >= 11 is 0. The Morgan fingerprint density at radius 2 is 0.500 bits per heavy atom. The van der Waals surface area contributed by atoms with Gasteiger partial charge in [0.1, 0.15) is 20.4 Å². The molecule has 0 unspecified atom stereocenters. The molecule has 0 spiro atoms. The summed E-state index contributed by atoms with van der Waals surface area (Å²) in [4.78, 5) is 24.0. The molecule has 0 bridgehead atoms. The standard InChI is InChI=1S/C8H8.3CH2O.Cu.Fe/c1-2-4-6-8-7-5-3-1;3*1-2;;/h1-8H;3*1H2;;/b2-1-,3-1?,4-2?,5-3-,6-4?,7-5?,8-6?,8-7?;;;;;. The molecule has 0 saturated heterocycles. The minimum Gasteiger partial charge on any atom is -0.307 e. The quantitative estimate of drug-likeness (QED) is 0.639. The second-order valence-corrected chi connectivity index (χ2v) is 1.54. The predicted molar refractivity (Wildman–Crippen MR) is 57.9 cm³/mol. The Kier molecular flexibility index (Phi) is 88.7. The molecular formula is C11H14CuFeO3. The van der Waals surface area contributed by atoms with Crippen molar-refractivity contribution < 1.29 is 48.5 Å². The molecule has 0 saturated carbocycles. The molecule has 0 fully saturated rings. The first-order chi connectivity index (χ1) is 7.00. The normalized spacial score (nSPS) is 12.8. The summed E-state index contributed by atoms with van der Waals surface area (Å²) in [6.45, 7) is 6.00. The van der Waals surface area contributed by atoms with E-state index < -0.39 is 0 Å². The predicted octanol–water partition coefficient (Wildman–Crippen LogP) is 1.67. The van der Waals surface area contributed by atoms with Crippen molar-refractivity contribution in [1.29, 1.82) is 0 Å². The second kappa shape index (κ2) is 48.3. The molecule has 0 aromatic heterocycles. The van der Waals surface area contributed by atoms with Gasteiger partial charge in [0, 0.05) is 34.1 Å². The molecule has 0 aromatic rings. The van der Waals surface area contributed by atoms with Crippen molar-refractivity contribution >= 4 is 20.4 Å². The second-order valence-electron chi connectivity index (χ2n) is 1.54. The molecular weight excluding hydrogens is 300 g/mol. The van der Waals surface area contributed by atoms with Gasteiger partial charge in [-0.2, -0.15) is 0 Å². The Labute approximate surface area is 117 Å². The van der Waals surface area contributed by atoms with Gasteiger partial charge >= 0.3 is 0 Å². The minimum absolute atomic E-state index is 0. The molecule has 16 heavy (non-hydrogen) atoms. The van der Waals surface area contributed by atoms with Crippen LogP contribution in [-0.2, 0) is 48.5 Å². The van der Waals surface area contributed by atoms with Crippen LogP contribution in [0.4, 0.5) is 0 Å². The van der Waals surface area contributed by atoms with Gasteiger partial charge in [-0.05, 0) is 0 Å². The Morgan fingerprint density at radius 1 is 0.438 bits per heavy atom. The van der Waals surface area contributed by atoms with E-state index in [0.717, 1.165) is 0 Å². The summed E-state index contributed by atoms with van der Waals surface area (Å²) in [5.74, 6) is 0. The van der Waals surface area contributed by atoms with Crippen molar-refractivity contribution in [3.8, 4) is 0 Å². The average Bonchev–Trinajstić information content (AvgIpc) is 2.26. The maximum atomic E-state index is 8.00. The Morgan fingerprint density at radius 3 is 0.562 bits per heavy atom. The molecule has 0 atom stereocenters. The van der Waals surface area contributed by atoms with Crippen LogP contribution in [0.2, 0.25) is 0 Å². The van der Waals surface area contributed by atoms with Crippen LogP contribution in [0.15, 0.2) is 48.6 Å². The number of hydrogen-bond donors (Lipinski definition) is 0. The summed E-state index contributed by atoms with van der Waals surface area (Å²) in [6, 6.07) is 0. The van der Waals surface area contributed by atoms with Gasteiger partial charge in [-0.15, -0.1) is 0 Å². The van der Waals surface area contributed by atoms with Crippen LogP contribution in [0.25, 0.3) is 0 Å². The molecule has 1 aliphatic rings. The van der Waals surface area contributed by atoms with Gasteiger partial charge in [-0.25, -0.2) is 0 Å². The fourth-order valence-electron chi connectivity index (χ4n) is 0.513. The summed E-state index contributed by atoms with van der Waals surface area (Å²) in [6.07, 6.45) is 16.0. The molecule has 0 N–H and O–H groups in total. The van der Waals surface area contributed by atoms with E-state index in [-0.39, 0.29) is 34.1 Å². The Bertz CT molecular complexity index is 153. The maximum absolute atomic E-state index is 8.00. The van der Waals surface area contributed by atoms with Crippen molar-refractivity contribution in [2.24, 2.45) is 0 Å². The molecule has 0 amide bonds. The summed E-state index contributed by atoms with van der Waals surface area (Å²) in [7, 11) is 0. The molecule has 1 aliphatic carbocycles. The van der Waals surface area contributed by atoms with Gasteiger partial charge in [0.25, 0.3) is 0 Å². The summed E-state index contributed by atoms with van der Waals surface area (Å²) in [5, 5.41) is 0. The first-order valence-corrected chi connectivity index (χ1v) is 3.53. The number of carbonyl (C=O) groups is 3. The summed E-state index contributed by atoms with van der Waals surface area (Å²) in [5.41, 5.74) is 0. The first-order valence-electron chi connectivity index (χ1n) is 3.53. The van der Waals surface area contributed by atoms with Gasteiger partial charge in [0.05, 0.1) is 0 Å². The van der Waals surface area contributed by atoms with Gasteiger partial charge in [0.15, 0.2) is 0 Å². The van der Waals surface area contributed by atoms with E-state index in [2.05, 4.69) is 0 Å². The Balaban J connectivity index is -0.0000000445. The van der Waals surface area contributed by atoms with Crippen LogP contribution in [0, 0.1) is 0 Å². The van der Waals surface area contributed by atoms with Gasteiger partial charge in [0.2, 0.25) is 0 Å². The zero-order chi connectivity index (χ0) is 11.7. The third-order valence-electron chi connectivity index (χ3n) is 0.889. The third kappa shape index (κ3) is 38.2. The van der Waals surface area contributed by atoms with Crippen molar-refractivity contribution in [3.63, 3.8) is 0 Å². The van der Waals surface area contributed by atoms with Crippen LogP contribution >= 0.6 is 0 Å². The van der Waals surface area contributed by atoms with E-state index in [1.54, 1.807) is 0 Å². The van der Waals surface area contributed by atoms with Crippen LogP contribution in [0.1, 0.15) is 0 Å². The van der Waals surface area contributed by atoms with Gasteiger partial charge in [-0.1, -0.05) is 48.6 Å². The van der Waals surface area contributed by atoms with E-state index in [4.69, 9.17) is 14.4 Å². The zero-order valence-electron chi connectivity index (χ0n) is 8.62. The van der Waals surface area contributed by atoms with Gasteiger partial charge in [-0.3, -0.25) is 0 Å². The van der Waals surface area contributed by atoms with Crippen LogP contribution < -0.4 is 0 Å². The fraction of sp³-hybridized carbons (Fsp3) is 0. The molecule has 5 heteroatoms. The van der Waals surface area contributed by atoms with Crippen LogP contribution in [0.3, 0.4) is 0 Å². The molecule has 3 nitrogen and oxygen atoms in total. The average molecular weight is 314 g/mol. The van der Waals surface area contributed by atoms with Crippen molar-refractivity contribution in [2.75, 3.05) is 0 Å². The van der Waals surface area contributed by atoms with E-state index in [1.165, 1.54) is 0 Å². The monoisotopic (exact) mass is 313 g/mol. The van der Waals surface area contributed by atoms with Gasteiger partial charge < -0.3 is 14.4 Å². The first kappa shape index (κ1) is 29.4. The largest absolute Gasteiger partial charge is 0.307 e. The number of hydrogen-bond acceptors (Lipinski definition) is 3. The number of carbonyl (C=O) groups excluding carboxylic acids is 3. The van der Waals surface area contributed by atoms with E-state index in [1.807, 2.05) is 69.0 Å². The number of rotatable bonds is 0. The smallest absolute Gasteiger partial charge is 0.106 e. The van der Waals surface area contributed by atoms with Crippen molar-refractivity contribution in [3.05, 3.63) is 48.6 Å². The number of allylic oxidation sites excluding steroid dienone is 8. The molecule has 0 heterocycles. The van der Waals surface area contributed by atoms with Crippen LogP contribution in [0.5, 0.6) is 0 Å². The fourth-order valence-corrected chi connectivity index (χ4v) is 0.513. The molecule has 0 aliphatic heterocycles. The molecule has 1 radical (unpaired) electrons. The van der Waals surface area contributed by atoms with E-state index in [0.29, 0.717) is 0 Å². The van der Waals surface area contributed by atoms with E-state index >= 15 is 0 Å². The maximum Gasteiger partial charge on any atom is 0.106 e. The Hall–Kier alpha value is -0.991.